The Morgan fingerprint density at radius 2 is 1.83 bits per heavy atom. The van der Waals surface area contributed by atoms with Gasteiger partial charge in [-0.05, 0) is 18.3 Å². The van der Waals surface area contributed by atoms with Crippen LogP contribution in [-0.4, -0.2) is 25.8 Å². The molecule has 3 rings (SSSR count). The van der Waals surface area contributed by atoms with Gasteiger partial charge in [-0.1, -0.05) is 19.1 Å². The Kier molecular flexibility index (Phi) is 2.22. The standard InChI is InChI=1S/C14H16O4/c1-14-8-5-4-7(6-8)9(14)10(15)11(17-2)12(18-3)13(14)16/h4-5,7-9H,6H2,1-3H3/t7-,8+,9+,14+/m1/s1. The van der Waals surface area contributed by atoms with Crippen LogP contribution in [0.25, 0.3) is 0 Å². The highest BCUT2D eigenvalue weighted by atomic mass is 16.5. The summed E-state index contributed by atoms with van der Waals surface area (Å²) in [5, 5.41) is 0. The molecule has 3 aliphatic carbocycles. The van der Waals surface area contributed by atoms with Crippen molar-refractivity contribution in [2.75, 3.05) is 14.2 Å². The third-order valence-electron chi connectivity index (χ3n) is 4.78. The minimum absolute atomic E-state index is 0.0854. The van der Waals surface area contributed by atoms with Crippen molar-refractivity contribution < 1.29 is 19.1 Å². The first-order chi connectivity index (χ1) is 8.55. The quantitative estimate of drug-likeness (QED) is 0.694. The van der Waals surface area contributed by atoms with Gasteiger partial charge in [0, 0.05) is 5.92 Å². The van der Waals surface area contributed by atoms with Crippen LogP contribution in [0.3, 0.4) is 0 Å². The fraction of sp³-hybridized carbons (Fsp3) is 0.571. The van der Waals surface area contributed by atoms with Crippen molar-refractivity contribution in [3.63, 3.8) is 0 Å². The van der Waals surface area contributed by atoms with E-state index in [1.165, 1.54) is 14.2 Å². The molecular weight excluding hydrogens is 232 g/mol. The lowest BCUT2D eigenvalue weighted by Gasteiger charge is -2.40. The number of Topliss-reactive ketones (excluding diaryl/α,β-unsaturated/α-hetero) is 2. The van der Waals surface area contributed by atoms with E-state index in [1.807, 2.05) is 6.92 Å². The van der Waals surface area contributed by atoms with E-state index in [4.69, 9.17) is 9.47 Å². The van der Waals surface area contributed by atoms with Crippen LogP contribution in [0.15, 0.2) is 23.7 Å². The highest BCUT2D eigenvalue weighted by Gasteiger charge is 2.64. The zero-order valence-corrected chi connectivity index (χ0v) is 10.7. The van der Waals surface area contributed by atoms with Crippen molar-refractivity contribution in [2.45, 2.75) is 13.3 Å². The number of ketones is 2. The Balaban J connectivity index is 2.18. The molecule has 0 heterocycles. The van der Waals surface area contributed by atoms with Crippen molar-refractivity contribution in [2.24, 2.45) is 23.2 Å². The van der Waals surface area contributed by atoms with Crippen molar-refractivity contribution in [1.82, 2.24) is 0 Å². The first-order valence-electron chi connectivity index (χ1n) is 6.15. The lowest BCUT2D eigenvalue weighted by Crippen LogP contribution is -2.49. The summed E-state index contributed by atoms with van der Waals surface area (Å²) in [5.74, 6) is 0.0195. The number of carbonyl (C=O) groups excluding carboxylic acids is 2. The number of carbonyl (C=O) groups is 2. The summed E-state index contributed by atoms with van der Waals surface area (Å²) < 4.78 is 10.2. The maximum absolute atomic E-state index is 12.6. The molecule has 18 heavy (non-hydrogen) atoms. The third-order valence-corrected chi connectivity index (χ3v) is 4.78. The van der Waals surface area contributed by atoms with Crippen LogP contribution in [0.1, 0.15) is 13.3 Å². The zero-order valence-electron chi connectivity index (χ0n) is 10.7. The van der Waals surface area contributed by atoms with Gasteiger partial charge in [-0.15, -0.1) is 0 Å². The summed E-state index contributed by atoms with van der Waals surface area (Å²) in [6.45, 7) is 1.89. The summed E-state index contributed by atoms with van der Waals surface area (Å²) in [6, 6.07) is 0. The summed E-state index contributed by atoms with van der Waals surface area (Å²) >= 11 is 0. The molecule has 4 nitrogen and oxygen atoms in total. The summed E-state index contributed by atoms with van der Waals surface area (Å²) in [4.78, 5) is 25.1. The lowest BCUT2D eigenvalue weighted by molar-refractivity contribution is -0.143. The number of allylic oxidation sites excluding steroid dienone is 4. The number of methoxy groups -OCH3 is 2. The average molecular weight is 248 g/mol. The van der Waals surface area contributed by atoms with E-state index in [0.717, 1.165) is 6.42 Å². The zero-order chi connectivity index (χ0) is 13.1. The van der Waals surface area contributed by atoms with E-state index in [9.17, 15) is 9.59 Å². The maximum atomic E-state index is 12.6. The largest absolute Gasteiger partial charge is 0.490 e. The Hall–Kier alpha value is -1.58. The van der Waals surface area contributed by atoms with Gasteiger partial charge < -0.3 is 9.47 Å². The highest BCUT2D eigenvalue weighted by Crippen LogP contribution is 2.60. The van der Waals surface area contributed by atoms with Crippen molar-refractivity contribution in [3.05, 3.63) is 23.7 Å². The topological polar surface area (TPSA) is 52.6 Å². The van der Waals surface area contributed by atoms with E-state index >= 15 is 0 Å². The molecule has 0 amide bonds. The molecule has 3 aliphatic rings. The van der Waals surface area contributed by atoms with Crippen LogP contribution in [0.5, 0.6) is 0 Å². The second-order valence-corrected chi connectivity index (χ2v) is 5.41. The minimum atomic E-state index is -0.649. The van der Waals surface area contributed by atoms with Crippen LogP contribution in [-0.2, 0) is 19.1 Å². The van der Waals surface area contributed by atoms with Gasteiger partial charge in [0.15, 0.2) is 0 Å². The van der Waals surface area contributed by atoms with Gasteiger partial charge in [0.2, 0.25) is 23.1 Å². The molecule has 0 radical (unpaired) electrons. The average Bonchev–Trinajstić information content (AvgIpc) is 2.93. The number of rotatable bonds is 2. The van der Waals surface area contributed by atoms with E-state index in [0.29, 0.717) is 0 Å². The van der Waals surface area contributed by atoms with E-state index in [1.54, 1.807) is 0 Å². The van der Waals surface area contributed by atoms with Crippen molar-refractivity contribution >= 4 is 11.6 Å². The fourth-order valence-corrected chi connectivity index (χ4v) is 3.85. The maximum Gasteiger partial charge on any atom is 0.208 e. The SMILES string of the molecule is COC1=C(OC)C(=O)[C@]2(C)[C@H](C1=O)[C@@H]1C=C[C@H]2C1. The molecule has 0 spiro atoms. The second-order valence-electron chi connectivity index (χ2n) is 5.41. The molecule has 0 aliphatic heterocycles. The van der Waals surface area contributed by atoms with Gasteiger partial charge in [0.1, 0.15) is 0 Å². The Morgan fingerprint density at radius 3 is 2.44 bits per heavy atom. The fourth-order valence-electron chi connectivity index (χ4n) is 3.85. The molecular formula is C14H16O4. The number of ether oxygens (including phenoxy) is 2. The predicted octanol–water partition coefficient (Wildman–Crippen LogP) is 1.47. The number of fused-ring (bicyclic) bond motifs is 5. The van der Waals surface area contributed by atoms with E-state index < -0.39 is 5.41 Å². The van der Waals surface area contributed by atoms with Gasteiger partial charge in [-0.25, -0.2) is 0 Å². The summed E-state index contributed by atoms with van der Waals surface area (Å²) in [7, 11) is 2.82. The molecule has 0 saturated heterocycles. The molecule has 4 heteroatoms. The van der Waals surface area contributed by atoms with Crippen molar-refractivity contribution in [3.8, 4) is 0 Å². The van der Waals surface area contributed by atoms with Gasteiger partial charge in [0.05, 0.1) is 19.6 Å². The molecule has 2 bridgehead atoms. The smallest absolute Gasteiger partial charge is 0.208 e. The first kappa shape index (κ1) is 11.5. The lowest BCUT2D eigenvalue weighted by atomic mass is 9.62. The summed E-state index contributed by atoms with van der Waals surface area (Å²) in [6.07, 6.45) is 5.01. The molecule has 4 atom stereocenters. The van der Waals surface area contributed by atoms with Crippen molar-refractivity contribution in [1.29, 1.82) is 0 Å². The predicted molar refractivity (Wildman–Crippen MR) is 63.4 cm³/mol. The van der Waals surface area contributed by atoms with E-state index in [-0.39, 0.29) is 40.8 Å². The molecule has 0 aromatic heterocycles. The molecule has 0 aromatic rings. The molecule has 0 aromatic carbocycles. The Bertz CT molecular complexity index is 502. The third kappa shape index (κ3) is 1.06. The number of hydrogen-bond acceptors (Lipinski definition) is 4. The van der Waals surface area contributed by atoms with Gasteiger partial charge in [-0.2, -0.15) is 0 Å². The monoisotopic (exact) mass is 248 g/mol. The van der Waals surface area contributed by atoms with Crippen LogP contribution in [0.2, 0.25) is 0 Å². The normalized spacial score (nSPS) is 41.4. The second kappa shape index (κ2) is 3.46. The van der Waals surface area contributed by atoms with E-state index in [2.05, 4.69) is 12.2 Å². The van der Waals surface area contributed by atoms with Crippen LogP contribution < -0.4 is 0 Å². The van der Waals surface area contributed by atoms with Crippen LogP contribution in [0.4, 0.5) is 0 Å². The highest BCUT2D eigenvalue weighted by molar-refractivity contribution is 6.14. The Labute approximate surface area is 106 Å². The van der Waals surface area contributed by atoms with Gasteiger partial charge in [-0.3, -0.25) is 9.59 Å². The minimum Gasteiger partial charge on any atom is -0.490 e. The number of hydrogen-bond donors (Lipinski definition) is 0. The molecule has 0 N–H and O–H groups in total. The van der Waals surface area contributed by atoms with Gasteiger partial charge in [0.25, 0.3) is 0 Å². The molecule has 1 fully saturated rings. The first-order valence-corrected chi connectivity index (χ1v) is 6.15. The summed E-state index contributed by atoms with van der Waals surface area (Å²) in [5.41, 5.74) is -0.649. The molecule has 96 valence electrons. The molecule has 1 saturated carbocycles. The van der Waals surface area contributed by atoms with Gasteiger partial charge >= 0.3 is 0 Å². The van der Waals surface area contributed by atoms with Crippen LogP contribution in [0, 0.1) is 23.2 Å². The van der Waals surface area contributed by atoms with Crippen LogP contribution >= 0.6 is 0 Å². The Morgan fingerprint density at radius 1 is 1.17 bits per heavy atom. The molecule has 0 unspecified atom stereocenters.